The number of fused-ring (bicyclic) bond motifs is 1. The van der Waals surface area contributed by atoms with Gasteiger partial charge in [0.1, 0.15) is 0 Å². The Morgan fingerprint density at radius 1 is 0.675 bits per heavy atom. The molecule has 2 N–H and O–H groups in total. The molecule has 2 aliphatic carbocycles. The van der Waals surface area contributed by atoms with Gasteiger partial charge in [-0.1, -0.05) is 104 Å². The van der Waals surface area contributed by atoms with Crippen molar-refractivity contribution in [1.29, 1.82) is 0 Å². The van der Waals surface area contributed by atoms with Crippen molar-refractivity contribution in [3.8, 4) is 0 Å². The van der Waals surface area contributed by atoms with E-state index in [1.54, 1.807) is 0 Å². The van der Waals surface area contributed by atoms with Crippen molar-refractivity contribution in [3.63, 3.8) is 0 Å². The molecule has 0 radical (unpaired) electrons. The lowest BCUT2D eigenvalue weighted by atomic mass is 9.44. The molecule has 0 saturated carbocycles. The summed E-state index contributed by atoms with van der Waals surface area (Å²) in [6, 6.07) is 0. The van der Waals surface area contributed by atoms with Crippen molar-refractivity contribution in [2.24, 2.45) is 22.7 Å². The molecule has 0 aromatic heterocycles. The maximum Gasteiger partial charge on any atom is 0.192 e. The SMILES string of the molecule is CCCC[C@H]1C=C(C)[C@@]2(CO[Si](C)(C)C(C)(C)C)[C@@H](O)[C@@H](CCCC)C=C(C)[C@@]2(CO[Si](C)(C)C(C)(C)C)[C@H]1O. The molecule has 0 unspecified atom stereocenters. The van der Waals surface area contributed by atoms with Gasteiger partial charge in [-0.3, -0.25) is 0 Å². The normalized spacial score (nSPS) is 32.0. The van der Waals surface area contributed by atoms with Crippen molar-refractivity contribution in [3.05, 3.63) is 23.3 Å². The van der Waals surface area contributed by atoms with Gasteiger partial charge in [-0.2, -0.15) is 0 Å². The second-order valence-corrected chi connectivity index (χ2v) is 25.9. The first kappa shape index (κ1) is 35.9. The van der Waals surface area contributed by atoms with E-state index in [0.717, 1.165) is 38.5 Å². The number of hydrogen-bond acceptors (Lipinski definition) is 4. The number of hydrogen-bond donors (Lipinski definition) is 2. The fraction of sp³-hybridized carbons (Fsp3) is 0.882. The largest absolute Gasteiger partial charge is 0.416 e. The van der Waals surface area contributed by atoms with E-state index in [2.05, 4.69) is 108 Å². The van der Waals surface area contributed by atoms with Crippen LogP contribution in [0.4, 0.5) is 0 Å². The zero-order valence-electron chi connectivity index (χ0n) is 28.8. The van der Waals surface area contributed by atoms with Gasteiger partial charge in [-0.15, -0.1) is 0 Å². The average Bonchev–Trinajstić information content (AvgIpc) is 2.82. The summed E-state index contributed by atoms with van der Waals surface area (Å²) in [5, 5.41) is 25.2. The molecule has 0 amide bonds. The Morgan fingerprint density at radius 2 is 0.975 bits per heavy atom. The van der Waals surface area contributed by atoms with Crippen LogP contribution < -0.4 is 0 Å². The Balaban J connectivity index is 2.86. The van der Waals surface area contributed by atoms with Crippen molar-refractivity contribution >= 4 is 16.6 Å². The zero-order valence-corrected chi connectivity index (χ0v) is 30.8. The van der Waals surface area contributed by atoms with Crippen LogP contribution in [0, 0.1) is 22.7 Å². The maximum atomic E-state index is 12.6. The standard InChI is InChI=1S/C34H66O4Si2/c1-15-17-19-27-21-25(3)34(24-38-40(13,14)32(8,9)10)30(36)28(20-18-16-2)22-26(4)33(34,29(27)35)23-37-39(11,12)31(5,6)7/h21-22,27-30,35-36H,15-20,23-24H2,1-14H3/t27-,28-,29-,30-,33-,34-/m0/s1. The Morgan fingerprint density at radius 3 is 1.23 bits per heavy atom. The Labute approximate surface area is 250 Å². The molecule has 0 saturated heterocycles. The molecule has 6 heteroatoms. The molecular weight excluding hydrogens is 529 g/mol. The highest BCUT2D eigenvalue weighted by atomic mass is 28.4. The van der Waals surface area contributed by atoms with Gasteiger partial charge in [0.25, 0.3) is 0 Å². The molecular formula is C34H66O4Si2. The van der Waals surface area contributed by atoms with Crippen LogP contribution in [0.3, 0.4) is 0 Å². The first-order valence-electron chi connectivity index (χ1n) is 16.2. The summed E-state index contributed by atoms with van der Waals surface area (Å²) in [4.78, 5) is 0. The predicted octanol–water partition coefficient (Wildman–Crippen LogP) is 9.26. The second kappa shape index (κ2) is 12.8. The van der Waals surface area contributed by atoms with Crippen LogP contribution in [0.2, 0.25) is 36.3 Å². The molecule has 40 heavy (non-hydrogen) atoms. The molecule has 0 heterocycles. The first-order valence-corrected chi connectivity index (χ1v) is 22.0. The third-order valence-electron chi connectivity index (χ3n) is 11.7. The Bertz CT molecular complexity index is 836. The minimum Gasteiger partial charge on any atom is -0.416 e. The van der Waals surface area contributed by atoms with Crippen molar-refractivity contribution < 1.29 is 19.1 Å². The van der Waals surface area contributed by atoms with Gasteiger partial charge in [-0.05, 0) is 63.0 Å². The summed E-state index contributed by atoms with van der Waals surface area (Å²) in [6.07, 6.45) is 9.54. The fourth-order valence-corrected chi connectivity index (χ4v) is 8.63. The highest BCUT2D eigenvalue weighted by molar-refractivity contribution is 6.74. The molecule has 0 aromatic carbocycles. The quantitative estimate of drug-likeness (QED) is 0.175. The van der Waals surface area contributed by atoms with E-state index in [4.69, 9.17) is 8.85 Å². The summed E-state index contributed by atoms with van der Waals surface area (Å²) in [5.41, 5.74) is 0.866. The molecule has 6 atom stereocenters. The van der Waals surface area contributed by atoms with Gasteiger partial charge in [0.05, 0.1) is 23.0 Å². The fourth-order valence-electron chi connectivity index (χ4n) is 6.59. The van der Waals surface area contributed by atoms with E-state index in [1.807, 2.05) is 0 Å². The van der Waals surface area contributed by atoms with Crippen LogP contribution >= 0.6 is 0 Å². The molecule has 0 bridgehead atoms. The van der Waals surface area contributed by atoms with E-state index < -0.39 is 39.7 Å². The number of aliphatic hydroxyl groups excluding tert-OH is 2. The summed E-state index contributed by atoms with van der Waals surface area (Å²) < 4.78 is 14.2. The Kier molecular flexibility index (Phi) is 11.5. The van der Waals surface area contributed by atoms with E-state index >= 15 is 0 Å². The second-order valence-electron chi connectivity index (χ2n) is 16.2. The van der Waals surface area contributed by atoms with Crippen LogP contribution in [0.25, 0.3) is 0 Å². The van der Waals surface area contributed by atoms with Gasteiger partial charge in [0.2, 0.25) is 0 Å². The number of rotatable bonds is 12. The molecule has 0 aromatic rings. The lowest BCUT2D eigenvalue weighted by Gasteiger charge is -2.64. The highest BCUT2D eigenvalue weighted by Crippen LogP contribution is 2.64. The van der Waals surface area contributed by atoms with Gasteiger partial charge in [0.15, 0.2) is 16.6 Å². The van der Waals surface area contributed by atoms with Crippen molar-refractivity contribution in [2.45, 2.75) is 156 Å². The van der Waals surface area contributed by atoms with E-state index in [9.17, 15) is 10.2 Å². The number of unbranched alkanes of at least 4 members (excludes halogenated alkanes) is 2. The third kappa shape index (κ3) is 6.47. The average molecular weight is 595 g/mol. The third-order valence-corrected chi connectivity index (χ3v) is 20.6. The molecule has 0 spiro atoms. The van der Waals surface area contributed by atoms with Crippen molar-refractivity contribution in [2.75, 3.05) is 13.2 Å². The summed E-state index contributed by atoms with van der Waals surface area (Å²) in [5.74, 6) is 0.0680. The van der Waals surface area contributed by atoms with Crippen LogP contribution in [0.1, 0.15) is 108 Å². The van der Waals surface area contributed by atoms with Gasteiger partial charge < -0.3 is 19.1 Å². The molecule has 234 valence electrons. The summed E-state index contributed by atoms with van der Waals surface area (Å²) >= 11 is 0. The van der Waals surface area contributed by atoms with E-state index in [1.165, 1.54) is 11.1 Å². The van der Waals surface area contributed by atoms with Gasteiger partial charge >= 0.3 is 0 Å². The van der Waals surface area contributed by atoms with Crippen LogP contribution in [-0.2, 0) is 8.85 Å². The number of aliphatic hydroxyl groups is 2. The highest BCUT2D eigenvalue weighted by Gasteiger charge is 2.67. The molecule has 4 nitrogen and oxygen atoms in total. The van der Waals surface area contributed by atoms with Crippen LogP contribution in [0.5, 0.6) is 0 Å². The van der Waals surface area contributed by atoms with Crippen LogP contribution in [0.15, 0.2) is 23.3 Å². The van der Waals surface area contributed by atoms with Crippen molar-refractivity contribution in [1.82, 2.24) is 0 Å². The smallest absolute Gasteiger partial charge is 0.192 e. The zero-order chi connectivity index (χ0) is 30.9. The molecule has 0 aliphatic heterocycles. The minimum atomic E-state index is -2.15. The topological polar surface area (TPSA) is 58.9 Å². The summed E-state index contributed by atoms with van der Waals surface area (Å²) in [7, 11) is -4.31. The summed E-state index contributed by atoms with van der Waals surface area (Å²) in [6.45, 7) is 32.5. The molecule has 2 aliphatic rings. The maximum absolute atomic E-state index is 12.6. The predicted molar refractivity (Wildman–Crippen MR) is 177 cm³/mol. The lowest BCUT2D eigenvalue weighted by molar-refractivity contribution is -0.171. The monoisotopic (exact) mass is 594 g/mol. The van der Waals surface area contributed by atoms with Gasteiger partial charge in [-0.25, -0.2) is 0 Å². The molecule has 0 fully saturated rings. The van der Waals surface area contributed by atoms with E-state index in [-0.39, 0.29) is 21.9 Å². The van der Waals surface area contributed by atoms with Crippen LogP contribution in [-0.4, -0.2) is 52.3 Å². The molecule has 2 rings (SSSR count). The minimum absolute atomic E-state index is 0.0340. The lowest BCUT2D eigenvalue weighted by Crippen LogP contribution is -2.69. The first-order chi connectivity index (χ1) is 18.2. The Hall–Kier alpha value is -0.246. The van der Waals surface area contributed by atoms with Gasteiger partial charge in [0, 0.05) is 25.0 Å². The van der Waals surface area contributed by atoms with E-state index in [0.29, 0.717) is 13.2 Å².